The number of carbonyl (C=O) groups excluding carboxylic acids is 2. The van der Waals surface area contributed by atoms with Crippen LogP contribution in [0, 0.1) is 0 Å². The molecule has 0 aliphatic carbocycles. The van der Waals surface area contributed by atoms with Crippen LogP contribution in [0.15, 0.2) is 59.8 Å². The summed E-state index contributed by atoms with van der Waals surface area (Å²) in [5.74, 6) is -0.356. The molecule has 2 aromatic rings. The van der Waals surface area contributed by atoms with Gasteiger partial charge in [-0.15, -0.1) is 0 Å². The lowest BCUT2D eigenvalue weighted by atomic mass is 10.1. The van der Waals surface area contributed by atoms with Crippen molar-refractivity contribution in [2.45, 2.75) is 0 Å². The highest BCUT2D eigenvalue weighted by Crippen LogP contribution is 2.02. The average Bonchev–Trinajstić information content (AvgIpc) is 2.64. The Morgan fingerprint density at radius 2 is 1.46 bits per heavy atom. The molecule has 2 rings (SSSR count). The third-order valence-electron chi connectivity index (χ3n) is 3.21. The first-order valence-corrected chi connectivity index (χ1v) is 7.49. The van der Waals surface area contributed by atoms with Crippen molar-refractivity contribution in [2.75, 3.05) is 20.2 Å². The van der Waals surface area contributed by atoms with E-state index in [0.717, 1.165) is 5.56 Å². The van der Waals surface area contributed by atoms with E-state index in [1.165, 1.54) is 7.11 Å². The van der Waals surface area contributed by atoms with E-state index in [1.54, 1.807) is 54.7 Å². The van der Waals surface area contributed by atoms with Crippen molar-refractivity contribution in [3.05, 3.63) is 71.3 Å². The number of hydrogen-bond donors (Lipinski definition) is 2. The van der Waals surface area contributed by atoms with Crippen molar-refractivity contribution < 1.29 is 14.4 Å². The van der Waals surface area contributed by atoms with Gasteiger partial charge in [0, 0.05) is 24.2 Å². The van der Waals surface area contributed by atoms with Crippen LogP contribution in [0.2, 0.25) is 0 Å². The van der Waals surface area contributed by atoms with E-state index in [2.05, 4.69) is 20.6 Å². The van der Waals surface area contributed by atoms with Gasteiger partial charge in [-0.25, -0.2) is 0 Å². The van der Waals surface area contributed by atoms with Crippen molar-refractivity contribution in [1.29, 1.82) is 0 Å². The summed E-state index contributed by atoms with van der Waals surface area (Å²) in [6, 6.07) is 15.9. The SMILES string of the molecule is CO/N=C/c1ccc(C(=O)NCCNC(=O)c2ccccc2)cc1. The molecule has 0 saturated heterocycles. The number of hydrogen-bond acceptors (Lipinski definition) is 4. The number of nitrogens with one attached hydrogen (secondary N) is 2. The third kappa shape index (κ3) is 5.24. The predicted octanol–water partition coefficient (Wildman–Crippen LogP) is 1.83. The van der Waals surface area contributed by atoms with Gasteiger partial charge in [-0.1, -0.05) is 35.5 Å². The molecule has 0 radical (unpaired) electrons. The van der Waals surface area contributed by atoms with Crippen LogP contribution in [0.3, 0.4) is 0 Å². The zero-order valence-electron chi connectivity index (χ0n) is 13.4. The first kappa shape index (κ1) is 17.2. The second kappa shape index (κ2) is 9.09. The topological polar surface area (TPSA) is 79.8 Å². The largest absolute Gasteiger partial charge is 0.399 e. The van der Waals surface area contributed by atoms with E-state index >= 15 is 0 Å². The van der Waals surface area contributed by atoms with E-state index in [9.17, 15) is 9.59 Å². The zero-order valence-corrected chi connectivity index (χ0v) is 13.4. The number of benzene rings is 2. The Labute approximate surface area is 140 Å². The molecule has 2 aromatic carbocycles. The highest BCUT2D eigenvalue weighted by molar-refractivity contribution is 5.95. The molecule has 0 aromatic heterocycles. The summed E-state index contributed by atoms with van der Waals surface area (Å²) in [5.41, 5.74) is 1.97. The first-order valence-electron chi connectivity index (χ1n) is 7.49. The number of rotatable bonds is 7. The Bertz CT molecular complexity index is 697. The van der Waals surface area contributed by atoms with E-state index in [0.29, 0.717) is 24.2 Å². The number of amides is 2. The van der Waals surface area contributed by atoms with Crippen molar-refractivity contribution in [3.63, 3.8) is 0 Å². The molecule has 0 aliphatic heterocycles. The van der Waals surface area contributed by atoms with Gasteiger partial charge in [0.25, 0.3) is 11.8 Å². The molecule has 0 aliphatic rings. The van der Waals surface area contributed by atoms with Gasteiger partial charge in [0.1, 0.15) is 7.11 Å². The Hall–Kier alpha value is -3.15. The molecule has 2 amide bonds. The molecule has 24 heavy (non-hydrogen) atoms. The molecule has 0 saturated carbocycles. The van der Waals surface area contributed by atoms with Gasteiger partial charge < -0.3 is 15.5 Å². The minimum atomic E-state index is -0.195. The summed E-state index contributed by atoms with van der Waals surface area (Å²) in [6.07, 6.45) is 1.56. The van der Waals surface area contributed by atoms with Crippen molar-refractivity contribution in [1.82, 2.24) is 10.6 Å². The van der Waals surface area contributed by atoms with Gasteiger partial charge in [-0.3, -0.25) is 9.59 Å². The fourth-order valence-corrected chi connectivity index (χ4v) is 1.98. The van der Waals surface area contributed by atoms with E-state index < -0.39 is 0 Å². The average molecular weight is 325 g/mol. The predicted molar refractivity (Wildman–Crippen MR) is 92.2 cm³/mol. The molecular formula is C18H19N3O3. The highest BCUT2D eigenvalue weighted by Gasteiger charge is 2.06. The molecule has 0 heterocycles. The van der Waals surface area contributed by atoms with Crippen molar-refractivity contribution >= 4 is 18.0 Å². The second-order valence-electron chi connectivity index (χ2n) is 4.92. The molecule has 0 unspecified atom stereocenters. The van der Waals surface area contributed by atoms with Gasteiger partial charge in [-0.2, -0.15) is 0 Å². The quantitative estimate of drug-likeness (QED) is 0.463. The molecule has 0 fully saturated rings. The minimum absolute atomic E-state index is 0.161. The van der Waals surface area contributed by atoms with Crippen molar-refractivity contribution in [3.8, 4) is 0 Å². The molecule has 124 valence electrons. The number of oxime groups is 1. The van der Waals surface area contributed by atoms with Gasteiger partial charge in [0.15, 0.2) is 0 Å². The van der Waals surface area contributed by atoms with Crippen LogP contribution in [-0.2, 0) is 4.84 Å². The monoisotopic (exact) mass is 325 g/mol. The molecule has 0 spiro atoms. The Morgan fingerprint density at radius 1 is 0.917 bits per heavy atom. The maximum Gasteiger partial charge on any atom is 0.251 e. The Kier molecular flexibility index (Phi) is 6.52. The molecule has 6 heteroatoms. The van der Waals surface area contributed by atoms with Gasteiger partial charge in [-0.05, 0) is 29.8 Å². The van der Waals surface area contributed by atoms with E-state index in [4.69, 9.17) is 0 Å². The van der Waals surface area contributed by atoms with Gasteiger partial charge >= 0.3 is 0 Å². The van der Waals surface area contributed by atoms with Gasteiger partial charge in [0.2, 0.25) is 0 Å². The van der Waals surface area contributed by atoms with Crippen LogP contribution in [0.1, 0.15) is 26.3 Å². The molecule has 2 N–H and O–H groups in total. The zero-order chi connectivity index (χ0) is 17.2. The summed E-state index contributed by atoms with van der Waals surface area (Å²) in [7, 11) is 1.47. The fraction of sp³-hybridized carbons (Fsp3) is 0.167. The normalized spacial score (nSPS) is 10.4. The smallest absolute Gasteiger partial charge is 0.251 e. The first-order chi connectivity index (χ1) is 11.7. The lowest BCUT2D eigenvalue weighted by Crippen LogP contribution is -2.34. The Morgan fingerprint density at radius 3 is 2.00 bits per heavy atom. The third-order valence-corrected chi connectivity index (χ3v) is 3.21. The Balaban J connectivity index is 1.75. The fourth-order valence-electron chi connectivity index (χ4n) is 1.98. The standard InChI is InChI=1S/C18H19N3O3/c1-24-21-13-14-7-9-16(10-8-14)18(23)20-12-11-19-17(22)15-5-3-2-4-6-15/h2-10,13H,11-12H2,1H3,(H,19,22)(H,20,23)/b21-13+. The van der Waals surface area contributed by atoms with Crippen LogP contribution in [0.5, 0.6) is 0 Å². The highest BCUT2D eigenvalue weighted by atomic mass is 16.6. The summed E-state index contributed by atoms with van der Waals surface area (Å²) < 4.78 is 0. The van der Waals surface area contributed by atoms with Crippen LogP contribution >= 0.6 is 0 Å². The number of nitrogens with zero attached hydrogens (tertiary/aromatic N) is 1. The molecule has 6 nitrogen and oxygen atoms in total. The van der Waals surface area contributed by atoms with E-state index in [1.807, 2.05) is 6.07 Å². The molecule has 0 bridgehead atoms. The second-order valence-corrected chi connectivity index (χ2v) is 4.92. The summed E-state index contributed by atoms with van der Waals surface area (Å²) in [6.45, 7) is 0.711. The number of carbonyl (C=O) groups is 2. The van der Waals surface area contributed by atoms with Crippen LogP contribution in [0.4, 0.5) is 0 Å². The molecule has 0 atom stereocenters. The van der Waals surface area contributed by atoms with Crippen LogP contribution in [-0.4, -0.2) is 38.2 Å². The summed E-state index contributed by atoms with van der Waals surface area (Å²) >= 11 is 0. The lowest BCUT2D eigenvalue weighted by molar-refractivity contribution is 0.0927. The maximum atomic E-state index is 12.0. The summed E-state index contributed by atoms with van der Waals surface area (Å²) in [4.78, 5) is 28.4. The van der Waals surface area contributed by atoms with E-state index in [-0.39, 0.29) is 11.8 Å². The summed E-state index contributed by atoms with van der Waals surface area (Å²) in [5, 5.41) is 9.16. The lowest BCUT2D eigenvalue weighted by Gasteiger charge is -2.07. The minimum Gasteiger partial charge on any atom is -0.399 e. The molecular weight excluding hydrogens is 306 g/mol. The van der Waals surface area contributed by atoms with Crippen LogP contribution < -0.4 is 10.6 Å². The van der Waals surface area contributed by atoms with Gasteiger partial charge in [0.05, 0.1) is 6.21 Å². The van der Waals surface area contributed by atoms with Crippen LogP contribution in [0.25, 0.3) is 0 Å². The maximum absolute atomic E-state index is 12.0. The van der Waals surface area contributed by atoms with Crippen molar-refractivity contribution in [2.24, 2.45) is 5.16 Å².